The summed E-state index contributed by atoms with van der Waals surface area (Å²) in [4.78, 5) is 38.0. The largest absolute Gasteiger partial charge is 0.480 e. The number of aromatic nitrogens is 1. The van der Waals surface area contributed by atoms with E-state index in [-0.39, 0.29) is 11.5 Å². The SMILES string of the molecule is CC[C@H](C)[C@H](NC(=O)c1ccc(-c2ccco2)[nH]c1=O)C(=O)O. The number of nitrogens with one attached hydrogen (secondary N) is 2. The molecule has 2 rings (SSSR count). The van der Waals surface area contributed by atoms with Crippen LogP contribution in [0.1, 0.15) is 30.6 Å². The lowest BCUT2D eigenvalue weighted by molar-refractivity contribution is -0.140. The summed E-state index contributed by atoms with van der Waals surface area (Å²) in [5.41, 5.74) is -0.312. The van der Waals surface area contributed by atoms with Crippen LogP contribution in [0.3, 0.4) is 0 Å². The number of carbonyl (C=O) groups is 2. The summed E-state index contributed by atoms with van der Waals surface area (Å²) in [5.74, 6) is -1.63. The van der Waals surface area contributed by atoms with Crippen LogP contribution in [0.4, 0.5) is 0 Å². The van der Waals surface area contributed by atoms with E-state index in [2.05, 4.69) is 10.3 Å². The zero-order valence-electron chi connectivity index (χ0n) is 12.8. The van der Waals surface area contributed by atoms with Crippen molar-refractivity contribution < 1.29 is 19.1 Å². The van der Waals surface area contributed by atoms with E-state index in [4.69, 9.17) is 4.42 Å². The van der Waals surface area contributed by atoms with Crippen LogP contribution in [0, 0.1) is 5.92 Å². The maximum absolute atomic E-state index is 12.2. The second-order valence-electron chi connectivity index (χ2n) is 5.27. The van der Waals surface area contributed by atoms with Gasteiger partial charge >= 0.3 is 5.97 Å². The van der Waals surface area contributed by atoms with Gasteiger partial charge in [-0.3, -0.25) is 9.59 Å². The highest BCUT2D eigenvalue weighted by molar-refractivity contribution is 5.96. The molecule has 122 valence electrons. The summed E-state index contributed by atoms with van der Waals surface area (Å²) in [6.07, 6.45) is 2.06. The van der Waals surface area contributed by atoms with Crippen molar-refractivity contribution in [3.8, 4) is 11.5 Å². The molecule has 3 N–H and O–H groups in total. The van der Waals surface area contributed by atoms with Crippen molar-refractivity contribution in [2.75, 3.05) is 0 Å². The van der Waals surface area contributed by atoms with E-state index in [1.807, 2.05) is 6.92 Å². The summed E-state index contributed by atoms with van der Waals surface area (Å²) >= 11 is 0. The number of hydrogen-bond donors (Lipinski definition) is 3. The van der Waals surface area contributed by atoms with E-state index in [9.17, 15) is 19.5 Å². The van der Waals surface area contributed by atoms with Gasteiger partial charge in [-0.05, 0) is 30.2 Å². The molecule has 0 aliphatic rings. The number of carboxylic acids is 1. The van der Waals surface area contributed by atoms with E-state index in [0.717, 1.165) is 0 Å². The standard InChI is InChI=1S/C16H18N2O5/c1-3-9(2)13(16(21)22)18-15(20)10-6-7-11(17-14(10)19)12-5-4-8-23-12/h4-9,13H,3H2,1-2H3,(H,17,19)(H,18,20)(H,21,22)/t9-,13-/m0/s1. The molecule has 0 saturated heterocycles. The Bertz CT molecular complexity index is 748. The predicted octanol–water partition coefficient (Wildman–Crippen LogP) is 1.86. The molecule has 0 bridgehead atoms. The summed E-state index contributed by atoms with van der Waals surface area (Å²) in [5, 5.41) is 11.6. The van der Waals surface area contributed by atoms with E-state index in [0.29, 0.717) is 17.9 Å². The van der Waals surface area contributed by atoms with Crippen LogP contribution in [0.2, 0.25) is 0 Å². The van der Waals surface area contributed by atoms with Gasteiger partial charge in [0.2, 0.25) is 0 Å². The Morgan fingerprint density at radius 2 is 2.09 bits per heavy atom. The number of pyridine rings is 1. The summed E-state index contributed by atoms with van der Waals surface area (Å²) in [6.45, 7) is 3.56. The van der Waals surface area contributed by atoms with E-state index >= 15 is 0 Å². The summed E-state index contributed by atoms with van der Waals surface area (Å²) in [6, 6.07) is 5.19. The molecule has 7 nitrogen and oxygen atoms in total. The molecular weight excluding hydrogens is 300 g/mol. The van der Waals surface area contributed by atoms with Crippen molar-refractivity contribution in [3.05, 3.63) is 46.4 Å². The van der Waals surface area contributed by atoms with Gasteiger partial charge in [-0.1, -0.05) is 20.3 Å². The average molecular weight is 318 g/mol. The molecule has 2 heterocycles. The lowest BCUT2D eigenvalue weighted by Crippen LogP contribution is -2.46. The van der Waals surface area contributed by atoms with E-state index < -0.39 is 23.5 Å². The van der Waals surface area contributed by atoms with Gasteiger partial charge in [0.25, 0.3) is 11.5 Å². The number of amides is 1. The Hall–Kier alpha value is -2.83. The topological polar surface area (TPSA) is 112 Å². The maximum Gasteiger partial charge on any atom is 0.326 e. The van der Waals surface area contributed by atoms with Crippen molar-refractivity contribution >= 4 is 11.9 Å². The smallest absolute Gasteiger partial charge is 0.326 e. The predicted molar refractivity (Wildman–Crippen MR) is 83.1 cm³/mol. The van der Waals surface area contributed by atoms with Crippen molar-refractivity contribution in [2.45, 2.75) is 26.3 Å². The highest BCUT2D eigenvalue weighted by Gasteiger charge is 2.26. The second-order valence-corrected chi connectivity index (χ2v) is 5.27. The van der Waals surface area contributed by atoms with Gasteiger partial charge in [0.1, 0.15) is 17.4 Å². The minimum Gasteiger partial charge on any atom is -0.480 e. The third-order valence-electron chi connectivity index (χ3n) is 3.71. The van der Waals surface area contributed by atoms with Crippen molar-refractivity contribution in [3.63, 3.8) is 0 Å². The van der Waals surface area contributed by atoms with Gasteiger partial charge in [0.05, 0.1) is 12.0 Å². The third kappa shape index (κ3) is 3.68. The Labute approximate surface area is 132 Å². The Kier molecular flexibility index (Phi) is 5.00. The highest BCUT2D eigenvalue weighted by Crippen LogP contribution is 2.16. The molecular formula is C16H18N2O5. The lowest BCUT2D eigenvalue weighted by atomic mass is 9.99. The first-order valence-corrected chi connectivity index (χ1v) is 7.25. The molecule has 0 aliphatic heterocycles. The minimum absolute atomic E-state index is 0.144. The molecule has 0 aromatic carbocycles. The summed E-state index contributed by atoms with van der Waals surface area (Å²) < 4.78 is 5.17. The van der Waals surface area contributed by atoms with Crippen LogP contribution in [0.5, 0.6) is 0 Å². The normalized spacial score (nSPS) is 13.3. The Morgan fingerprint density at radius 1 is 1.35 bits per heavy atom. The number of H-pyrrole nitrogens is 1. The second kappa shape index (κ2) is 6.95. The van der Waals surface area contributed by atoms with Gasteiger partial charge in [0.15, 0.2) is 0 Å². The molecule has 1 amide bonds. The molecule has 23 heavy (non-hydrogen) atoms. The first-order chi connectivity index (χ1) is 10.9. The summed E-state index contributed by atoms with van der Waals surface area (Å²) in [7, 11) is 0. The Balaban J connectivity index is 2.23. The van der Waals surface area contributed by atoms with Crippen molar-refractivity contribution in [1.82, 2.24) is 10.3 Å². The fourth-order valence-electron chi connectivity index (χ4n) is 2.13. The molecule has 0 spiro atoms. The number of carbonyl (C=O) groups excluding carboxylic acids is 1. The zero-order valence-corrected chi connectivity index (χ0v) is 12.8. The Morgan fingerprint density at radius 3 is 2.61 bits per heavy atom. The van der Waals surface area contributed by atoms with Crippen LogP contribution in [-0.4, -0.2) is 28.0 Å². The number of hydrogen-bond acceptors (Lipinski definition) is 4. The maximum atomic E-state index is 12.2. The number of rotatable bonds is 6. The van der Waals surface area contributed by atoms with Crippen molar-refractivity contribution in [1.29, 1.82) is 0 Å². The minimum atomic E-state index is -1.13. The number of carboxylic acid groups (broad SMARTS) is 1. The highest BCUT2D eigenvalue weighted by atomic mass is 16.4. The third-order valence-corrected chi connectivity index (χ3v) is 3.71. The molecule has 0 aliphatic carbocycles. The van der Waals surface area contributed by atoms with Gasteiger partial charge in [-0.2, -0.15) is 0 Å². The van der Waals surface area contributed by atoms with Gasteiger partial charge < -0.3 is 19.8 Å². The van der Waals surface area contributed by atoms with Crippen LogP contribution in [0.15, 0.2) is 39.7 Å². The van der Waals surface area contributed by atoms with Crippen LogP contribution >= 0.6 is 0 Å². The van der Waals surface area contributed by atoms with Gasteiger partial charge in [0, 0.05) is 0 Å². The molecule has 7 heteroatoms. The monoisotopic (exact) mass is 318 g/mol. The molecule has 2 atom stereocenters. The quantitative estimate of drug-likeness (QED) is 0.752. The average Bonchev–Trinajstić information content (AvgIpc) is 3.05. The van der Waals surface area contributed by atoms with E-state index in [1.54, 1.807) is 19.1 Å². The fraction of sp³-hybridized carbons (Fsp3) is 0.312. The molecule has 0 radical (unpaired) electrons. The molecule has 0 fully saturated rings. The molecule has 2 aromatic rings. The lowest BCUT2D eigenvalue weighted by Gasteiger charge is -2.19. The molecule has 0 unspecified atom stereocenters. The number of aromatic amines is 1. The molecule has 0 saturated carbocycles. The van der Waals surface area contributed by atoms with Crippen LogP contribution in [0.25, 0.3) is 11.5 Å². The first kappa shape index (κ1) is 16.5. The molecule has 2 aromatic heterocycles. The first-order valence-electron chi connectivity index (χ1n) is 7.25. The van der Waals surface area contributed by atoms with Gasteiger partial charge in [-0.15, -0.1) is 0 Å². The van der Waals surface area contributed by atoms with Gasteiger partial charge in [-0.25, -0.2) is 4.79 Å². The van der Waals surface area contributed by atoms with Crippen molar-refractivity contribution in [2.24, 2.45) is 5.92 Å². The van der Waals surface area contributed by atoms with Crippen LogP contribution < -0.4 is 10.9 Å². The zero-order chi connectivity index (χ0) is 17.0. The fourth-order valence-corrected chi connectivity index (χ4v) is 2.13. The van der Waals surface area contributed by atoms with E-state index in [1.165, 1.54) is 18.4 Å². The number of furan rings is 1. The number of aliphatic carboxylic acids is 1. The van der Waals surface area contributed by atoms with Crippen LogP contribution in [-0.2, 0) is 4.79 Å².